The van der Waals surface area contributed by atoms with Gasteiger partial charge in [-0.05, 0) is 34.4 Å². The van der Waals surface area contributed by atoms with Gasteiger partial charge in [0.05, 0.1) is 12.0 Å². The van der Waals surface area contributed by atoms with Crippen LogP contribution in [0.4, 0.5) is 0 Å². The molecule has 0 unspecified atom stereocenters. The summed E-state index contributed by atoms with van der Waals surface area (Å²) in [6.07, 6.45) is 0. The first-order valence-corrected chi connectivity index (χ1v) is 7.29. The van der Waals surface area contributed by atoms with Gasteiger partial charge in [-0.1, -0.05) is 50.2 Å². The lowest BCUT2D eigenvalue weighted by Gasteiger charge is -2.10. The maximum Gasteiger partial charge on any atom is 0.145 e. The fourth-order valence-electron chi connectivity index (χ4n) is 2.16. The molecular weight excluding hydrogens is 252 g/mol. The molecule has 0 saturated carbocycles. The molecule has 19 heavy (non-hydrogen) atoms. The maximum absolute atomic E-state index is 5.85. The highest BCUT2D eigenvalue weighted by Gasteiger charge is 2.05. The van der Waals surface area contributed by atoms with Crippen LogP contribution < -0.4 is 4.18 Å². The second-order valence-electron chi connectivity index (χ2n) is 4.90. The lowest BCUT2D eigenvalue weighted by Crippen LogP contribution is -1.92. The van der Waals surface area contributed by atoms with Gasteiger partial charge in [0.15, 0.2) is 0 Å². The van der Waals surface area contributed by atoms with Gasteiger partial charge in [-0.2, -0.15) is 0 Å². The van der Waals surface area contributed by atoms with Crippen molar-refractivity contribution in [2.75, 3.05) is 0 Å². The summed E-state index contributed by atoms with van der Waals surface area (Å²) in [5.41, 5.74) is 0. The molecule has 2 heteroatoms. The quantitative estimate of drug-likeness (QED) is 0.463. The van der Waals surface area contributed by atoms with E-state index >= 15 is 0 Å². The Bertz CT molecular complexity index is 719. The zero-order valence-electron chi connectivity index (χ0n) is 11.1. The van der Waals surface area contributed by atoms with Crippen LogP contribution in [0.25, 0.3) is 21.5 Å². The molecule has 3 aromatic carbocycles. The molecule has 96 valence electrons. The third-order valence-corrected chi connectivity index (χ3v) is 3.70. The average Bonchev–Trinajstić information content (AvgIpc) is 2.42. The molecule has 0 bridgehead atoms. The zero-order valence-corrected chi connectivity index (χ0v) is 11.9. The molecule has 0 amide bonds. The summed E-state index contributed by atoms with van der Waals surface area (Å²) in [5, 5.41) is 5.37. The van der Waals surface area contributed by atoms with E-state index in [9.17, 15) is 0 Å². The molecule has 3 aromatic rings. The van der Waals surface area contributed by atoms with E-state index in [-0.39, 0.29) is 0 Å². The Kier molecular flexibility index (Phi) is 3.34. The Hall–Kier alpha value is -1.67. The minimum Gasteiger partial charge on any atom is -0.425 e. The van der Waals surface area contributed by atoms with Crippen molar-refractivity contribution in [1.29, 1.82) is 0 Å². The van der Waals surface area contributed by atoms with Crippen LogP contribution in [-0.4, -0.2) is 5.25 Å². The molecule has 0 atom stereocenters. The smallest absolute Gasteiger partial charge is 0.145 e. The van der Waals surface area contributed by atoms with Crippen LogP contribution in [0.3, 0.4) is 0 Å². The maximum atomic E-state index is 5.85. The summed E-state index contributed by atoms with van der Waals surface area (Å²) in [6, 6.07) is 19.1. The van der Waals surface area contributed by atoms with Gasteiger partial charge in [0.2, 0.25) is 0 Å². The summed E-state index contributed by atoms with van der Waals surface area (Å²) < 4.78 is 5.85. The molecule has 0 spiro atoms. The largest absolute Gasteiger partial charge is 0.425 e. The summed E-state index contributed by atoms with van der Waals surface area (Å²) >= 11 is 1.50. The van der Waals surface area contributed by atoms with Crippen molar-refractivity contribution >= 4 is 33.6 Å². The van der Waals surface area contributed by atoms with Gasteiger partial charge in [-0.3, -0.25) is 0 Å². The van der Waals surface area contributed by atoms with E-state index in [1.54, 1.807) is 0 Å². The first-order valence-electron chi connectivity index (χ1n) is 6.49. The van der Waals surface area contributed by atoms with E-state index in [0.717, 1.165) is 5.75 Å². The van der Waals surface area contributed by atoms with Crippen LogP contribution in [0.1, 0.15) is 13.8 Å². The fraction of sp³-hybridized carbons (Fsp3) is 0.176. The van der Waals surface area contributed by atoms with Gasteiger partial charge in [0.1, 0.15) is 5.75 Å². The lowest BCUT2D eigenvalue weighted by atomic mass is 10.0. The van der Waals surface area contributed by atoms with E-state index in [4.69, 9.17) is 4.18 Å². The number of benzene rings is 3. The Balaban J connectivity index is 2.15. The predicted molar refractivity (Wildman–Crippen MR) is 84.8 cm³/mol. The van der Waals surface area contributed by atoms with Gasteiger partial charge in [0.25, 0.3) is 0 Å². The van der Waals surface area contributed by atoms with Crippen molar-refractivity contribution < 1.29 is 4.18 Å². The molecule has 0 saturated heterocycles. The Morgan fingerprint density at radius 2 is 1.53 bits per heavy atom. The summed E-state index contributed by atoms with van der Waals surface area (Å²) in [7, 11) is 0. The normalized spacial score (nSPS) is 11.3. The molecule has 0 heterocycles. The van der Waals surface area contributed by atoms with Gasteiger partial charge in [-0.25, -0.2) is 0 Å². The standard InChI is InChI=1S/C17H16OS/c1-12(2)19-18-17-9-5-8-15-10-13-6-3-4-7-14(13)11-16(15)17/h3-12H,1-2H3. The van der Waals surface area contributed by atoms with Crippen LogP contribution in [-0.2, 0) is 0 Å². The van der Waals surface area contributed by atoms with Crippen molar-refractivity contribution in [3.05, 3.63) is 54.6 Å². The molecule has 0 N–H and O–H groups in total. The van der Waals surface area contributed by atoms with Crippen molar-refractivity contribution in [2.45, 2.75) is 19.1 Å². The Morgan fingerprint density at radius 3 is 2.26 bits per heavy atom. The highest BCUT2D eigenvalue weighted by Crippen LogP contribution is 2.32. The number of fused-ring (bicyclic) bond motifs is 2. The average molecular weight is 268 g/mol. The van der Waals surface area contributed by atoms with E-state index in [2.05, 4.69) is 56.3 Å². The lowest BCUT2D eigenvalue weighted by molar-refractivity contribution is 0.647. The molecule has 0 aliphatic carbocycles. The third kappa shape index (κ3) is 2.54. The van der Waals surface area contributed by atoms with Crippen molar-refractivity contribution in [1.82, 2.24) is 0 Å². The molecule has 0 aliphatic heterocycles. The van der Waals surface area contributed by atoms with Crippen LogP contribution in [0.5, 0.6) is 5.75 Å². The van der Waals surface area contributed by atoms with Gasteiger partial charge < -0.3 is 4.18 Å². The highest BCUT2D eigenvalue weighted by atomic mass is 32.2. The summed E-state index contributed by atoms with van der Waals surface area (Å²) in [4.78, 5) is 0. The molecule has 0 radical (unpaired) electrons. The number of hydrogen-bond donors (Lipinski definition) is 0. The van der Waals surface area contributed by atoms with Crippen LogP contribution in [0.2, 0.25) is 0 Å². The van der Waals surface area contributed by atoms with E-state index in [0.29, 0.717) is 5.25 Å². The van der Waals surface area contributed by atoms with E-state index in [1.807, 2.05) is 12.1 Å². The SMILES string of the molecule is CC(C)SOc1cccc2cc3ccccc3cc12. The highest BCUT2D eigenvalue weighted by molar-refractivity contribution is 7.95. The van der Waals surface area contributed by atoms with E-state index < -0.39 is 0 Å². The number of hydrogen-bond acceptors (Lipinski definition) is 2. The monoisotopic (exact) mass is 268 g/mol. The Morgan fingerprint density at radius 1 is 0.842 bits per heavy atom. The van der Waals surface area contributed by atoms with E-state index in [1.165, 1.54) is 33.6 Å². The second-order valence-corrected chi connectivity index (χ2v) is 6.21. The topological polar surface area (TPSA) is 9.23 Å². The minimum absolute atomic E-state index is 0.454. The fourth-order valence-corrected chi connectivity index (χ4v) is 2.60. The Labute approximate surface area is 117 Å². The van der Waals surface area contributed by atoms with Crippen molar-refractivity contribution in [3.8, 4) is 5.75 Å². The predicted octanol–water partition coefficient (Wildman–Crippen LogP) is 5.43. The zero-order chi connectivity index (χ0) is 13.2. The third-order valence-electron chi connectivity index (χ3n) is 3.04. The number of rotatable bonds is 3. The summed E-state index contributed by atoms with van der Waals surface area (Å²) in [6.45, 7) is 4.26. The van der Waals surface area contributed by atoms with Crippen molar-refractivity contribution in [2.24, 2.45) is 0 Å². The second kappa shape index (κ2) is 5.14. The molecule has 0 aromatic heterocycles. The molecule has 1 nitrogen and oxygen atoms in total. The first kappa shape index (κ1) is 12.4. The first-order chi connectivity index (χ1) is 9.24. The van der Waals surface area contributed by atoms with Crippen LogP contribution >= 0.6 is 12.0 Å². The van der Waals surface area contributed by atoms with Crippen LogP contribution in [0.15, 0.2) is 54.6 Å². The van der Waals surface area contributed by atoms with Gasteiger partial charge in [0, 0.05) is 10.6 Å². The minimum atomic E-state index is 0.454. The molecule has 0 aliphatic rings. The van der Waals surface area contributed by atoms with Gasteiger partial charge >= 0.3 is 0 Å². The molecule has 3 rings (SSSR count). The van der Waals surface area contributed by atoms with Crippen LogP contribution in [0, 0.1) is 0 Å². The summed E-state index contributed by atoms with van der Waals surface area (Å²) in [5.74, 6) is 0.946. The van der Waals surface area contributed by atoms with Gasteiger partial charge in [-0.15, -0.1) is 0 Å². The molecular formula is C17H16OS. The van der Waals surface area contributed by atoms with Crippen molar-refractivity contribution in [3.63, 3.8) is 0 Å². The molecule has 0 fully saturated rings.